The highest BCUT2D eigenvalue weighted by atomic mass is 32.2. The minimum atomic E-state index is -0.491. The molecule has 0 spiro atoms. The van der Waals surface area contributed by atoms with Gasteiger partial charge in [-0.05, 0) is 19.4 Å². The van der Waals surface area contributed by atoms with Gasteiger partial charge in [-0.1, -0.05) is 72.4 Å². The van der Waals surface area contributed by atoms with E-state index in [1.165, 1.54) is 11.8 Å². The lowest BCUT2D eigenvalue weighted by atomic mass is 9.85. The summed E-state index contributed by atoms with van der Waals surface area (Å²) in [5.74, 6) is -0.929. The van der Waals surface area contributed by atoms with Gasteiger partial charge in [0.05, 0.1) is 22.0 Å². The van der Waals surface area contributed by atoms with Gasteiger partial charge < -0.3 is 10.5 Å². The molecule has 2 aromatic carbocycles. The van der Waals surface area contributed by atoms with Crippen LogP contribution < -0.4 is 5.73 Å². The Balaban J connectivity index is 2.01. The first-order valence-electron chi connectivity index (χ1n) is 8.50. The number of nitrogens with two attached hydrogens (primary N) is 1. The lowest BCUT2D eigenvalue weighted by molar-refractivity contribution is -0.142. The van der Waals surface area contributed by atoms with Gasteiger partial charge in [-0.3, -0.25) is 4.79 Å². The van der Waals surface area contributed by atoms with Gasteiger partial charge in [0.1, 0.15) is 0 Å². The zero-order valence-electron chi connectivity index (χ0n) is 14.7. The molecule has 0 radical (unpaired) electrons. The number of rotatable bonds is 5. The van der Waals surface area contributed by atoms with Gasteiger partial charge in [-0.2, -0.15) is 0 Å². The van der Waals surface area contributed by atoms with Crippen LogP contribution in [-0.4, -0.2) is 23.1 Å². The Morgan fingerprint density at radius 2 is 1.58 bits per heavy atom. The highest BCUT2D eigenvalue weighted by molar-refractivity contribution is 8.04. The fourth-order valence-corrected chi connectivity index (χ4v) is 4.33. The SMILES string of the molecule is CC(C)OC(=O)C1=C(N)S[C@H](C(=O)c2ccccc2)[C@@H]1c1ccccc1. The monoisotopic (exact) mass is 367 g/mol. The average Bonchev–Trinajstić information content (AvgIpc) is 2.99. The fraction of sp³-hybridized carbons (Fsp3) is 0.238. The fourth-order valence-electron chi connectivity index (χ4n) is 3.05. The van der Waals surface area contributed by atoms with Crippen LogP contribution in [0.25, 0.3) is 0 Å². The Hall–Kier alpha value is -2.53. The van der Waals surface area contributed by atoms with E-state index in [0.717, 1.165) is 5.56 Å². The third-order valence-corrected chi connectivity index (χ3v) is 5.39. The number of carbonyl (C=O) groups is 2. The Morgan fingerprint density at radius 3 is 2.15 bits per heavy atom. The van der Waals surface area contributed by atoms with Crippen molar-refractivity contribution in [2.75, 3.05) is 0 Å². The normalized spacial score (nSPS) is 19.7. The molecule has 26 heavy (non-hydrogen) atoms. The van der Waals surface area contributed by atoms with Crippen LogP contribution in [-0.2, 0) is 9.53 Å². The highest BCUT2D eigenvalue weighted by Gasteiger charge is 2.44. The molecule has 0 aromatic heterocycles. The number of hydrogen-bond donors (Lipinski definition) is 1. The number of carbonyl (C=O) groups excluding carboxylic acids is 2. The summed E-state index contributed by atoms with van der Waals surface area (Å²) < 4.78 is 5.39. The van der Waals surface area contributed by atoms with Crippen LogP contribution in [0.5, 0.6) is 0 Å². The first-order valence-corrected chi connectivity index (χ1v) is 9.38. The number of esters is 1. The molecular weight excluding hydrogens is 346 g/mol. The molecule has 0 saturated carbocycles. The summed E-state index contributed by atoms with van der Waals surface area (Å²) in [5.41, 5.74) is 8.05. The summed E-state index contributed by atoms with van der Waals surface area (Å²) >= 11 is 1.24. The van der Waals surface area contributed by atoms with E-state index in [-0.39, 0.29) is 11.9 Å². The first-order chi connectivity index (χ1) is 12.5. The van der Waals surface area contributed by atoms with E-state index < -0.39 is 17.1 Å². The number of ether oxygens (including phenoxy) is 1. The van der Waals surface area contributed by atoms with Crippen LogP contribution >= 0.6 is 11.8 Å². The minimum Gasteiger partial charge on any atom is -0.460 e. The second-order valence-electron chi connectivity index (χ2n) is 6.39. The van der Waals surface area contributed by atoms with Crippen molar-refractivity contribution < 1.29 is 14.3 Å². The van der Waals surface area contributed by atoms with Crippen LogP contribution in [0.15, 0.2) is 71.3 Å². The minimum absolute atomic E-state index is 0.0419. The predicted octanol–water partition coefficient (Wildman–Crippen LogP) is 3.89. The van der Waals surface area contributed by atoms with Gasteiger partial charge in [0.15, 0.2) is 5.78 Å². The van der Waals surface area contributed by atoms with E-state index in [0.29, 0.717) is 16.2 Å². The molecule has 0 fully saturated rings. The topological polar surface area (TPSA) is 69.4 Å². The Bertz CT molecular complexity index is 831. The molecule has 0 amide bonds. The van der Waals surface area contributed by atoms with E-state index in [1.54, 1.807) is 26.0 Å². The van der Waals surface area contributed by atoms with Crippen molar-refractivity contribution >= 4 is 23.5 Å². The smallest absolute Gasteiger partial charge is 0.337 e. The molecule has 0 aliphatic carbocycles. The maximum absolute atomic E-state index is 13.1. The number of benzene rings is 2. The van der Waals surface area contributed by atoms with Crippen molar-refractivity contribution in [1.82, 2.24) is 0 Å². The second-order valence-corrected chi connectivity index (χ2v) is 7.57. The molecule has 1 aliphatic heterocycles. The number of Topliss-reactive ketones (excluding diaryl/α,β-unsaturated/α-hetero) is 1. The highest BCUT2D eigenvalue weighted by Crippen LogP contribution is 2.47. The third kappa shape index (κ3) is 3.68. The van der Waals surface area contributed by atoms with Crippen LogP contribution in [0.4, 0.5) is 0 Å². The maximum Gasteiger partial charge on any atom is 0.337 e. The summed E-state index contributed by atoms with van der Waals surface area (Å²) in [7, 11) is 0. The summed E-state index contributed by atoms with van der Waals surface area (Å²) in [6.07, 6.45) is -0.256. The van der Waals surface area contributed by atoms with Crippen molar-refractivity contribution in [3.8, 4) is 0 Å². The van der Waals surface area contributed by atoms with Crippen molar-refractivity contribution in [2.45, 2.75) is 31.1 Å². The van der Waals surface area contributed by atoms with Gasteiger partial charge in [-0.25, -0.2) is 4.79 Å². The van der Waals surface area contributed by atoms with Crippen LogP contribution in [0.1, 0.15) is 35.7 Å². The van der Waals surface area contributed by atoms with Gasteiger partial charge >= 0.3 is 5.97 Å². The molecular formula is C21H21NO3S. The van der Waals surface area contributed by atoms with Crippen LogP contribution in [0.2, 0.25) is 0 Å². The van der Waals surface area contributed by atoms with Gasteiger partial charge in [-0.15, -0.1) is 0 Å². The lowest BCUT2D eigenvalue weighted by Crippen LogP contribution is -2.27. The second kappa shape index (κ2) is 7.79. The molecule has 2 atom stereocenters. The quantitative estimate of drug-likeness (QED) is 0.641. The van der Waals surface area contributed by atoms with E-state index in [4.69, 9.17) is 10.5 Å². The molecule has 1 aliphatic rings. The molecule has 0 bridgehead atoms. The maximum atomic E-state index is 13.1. The number of thioether (sulfide) groups is 1. The van der Waals surface area contributed by atoms with Crippen molar-refractivity contribution in [1.29, 1.82) is 0 Å². The van der Waals surface area contributed by atoms with Gasteiger partial charge in [0.25, 0.3) is 0 Å². The van der Waals surface area contributed by atoms with E-state index >= 15 is 0 Å². The molecule has 0 unspecified atom stereocenters. The summed E-state index contributed by atoms with van der Waals surface area (Å²) in [6, 6.07) is 18.6. The van der Waals surface area contributed by atoms with Gasteiger partial charge in [0.2, 0.25) is 0 Å². The molecule has 5 heteroatoms. The Kier molecular flexibility index (Phi) is 5.47. The molecule has 2 N–H and O–H groups in total. The molecule has 1 heterocycles. The predicted molar refractivity (Wildman–Crippen MR) is 104 cm³/mol. The van der Waals surface area contributed by atoms with Gasteiger partial charge in [0, 0.05) is 11.5 Å². The molecule has 4 nitrogen and oxygen atoms in total. The van der Waals surface area contributed by atoms with E-state index in [1.807, 2.05) is 48.5 Å². The van der Waals surface area contributed by atoms with Crippen molar-refractivity contribution in [3.05, 3.63) is 82.4 Å². The lowest BCUT2D eigenvalue weighted by Gasteiger charge is -2.21. The molecule has 3 rings (SSSR count). The molecule has 0 saturated heterocycles. The number of hydrogen-bond acceptors (Lipinski definition) is 5. The van der Waals surface area contributed by atoms with Crippen molar-refractivity contribution in [3.63, 3.8) is 0 Å². The van der Waals surface area contributed by atoms with Crippen LogP contribution in [0, 0.1) is 0 Å². The molecule has 2 aromatic rings. The van der Waals surface area contributed by atoms with Crippen LogP contribution in [0.3, 0.4) is 0 Å². The van der Waals surface area contributed by atoms with E-state index in [9.17, 15) is 9.59 Å². The Labute approximate surface area is 157 Å². The zero-order chi connectivity index (χ0) is 18.7. The van der Waals surface area contributed by atoms with Crippen molar-refractivity contribution in [2.24, 2.45) is 5.73 Å². The average molecular weight is 367 g/mol. The third-order valence-electron chi connectivity index (χ3n) is 4.17. The summed E-state index contributed by atoms with van der Waals surface area (Å²) in [6.45, 7) is 3.59. The standard InChI is InChI=1S/C21H21NO3S/c1-13(2)25-21(24)17-16(14-9-5-3-6-10-14)19(26-20(17)22)18(23)15-11-7-4-8-12-15/h3-13,16,19H,22H2,1-2H3/t16-,19+/m1/s1. The largest absolute Gasteiger partial charge is 0.460 e. The zero-order valence-corrected chi connectivity index (χ0v) is 15.5. The molecule has 134 valence electrons. The summed E-state index contributed by atoms with van der Waals surface area (Å²) in [5, 5.41) is -0.131. The Morgan fingerprint density at radius 1 is 1.00 bits per heavy atom. The summed E-state index contributed by atoms with van der Waals surface area (Å²) in [4.78, 5) is 25.8. The number of ketones is 1. The first kappa shape index (κ1) is 18.3. The van der Waals surface area contributed by atoms with E-state index in [2.05, 4.69) is 0 Å².